The fourth-order valence-corrected chi connectivity index (χ4v) is 4.42. The largest absolute Gasteiger partial charge is 0.269 e. The Morgan fingerprint density at radius 1 is 1.05 bits per heavy atom. The summed E-state index contributed by atoms with van der Waals surface area (Å²) in [6, 6.07) is 12.6. The summed E-state index contributed by atoms with van der Waals surface area (Å²) < 4.78 is 27.3. The fraction of sp³-hybridized carbons (Fsp3) is 0.200. The highest BCUT2D eigenvalue weighted by Gasteiger charge is 2.24. The molecule has 5 heteroatoms. The average molecular weight is 354 g/mol. The third-order valence-electron chi connectivity index (χ3n) is 3.18. The van der Waals surface area contributed by atoms with Crippen molar-refractivity contribution in [1.82, 2.24) is 0 Å². The first kappa shape index (κ1) is 15.1. The van der Waals surface area contributed by atoms with Gasteiger partial charge in [0.05, 0.1) is 5.69 Å². The normalized spacial score (nSPS) is 11.4. The Hall–Kier alpha value is -1.33. The van der Waals surface area contributed by atoms with Crippen LogP contribution in [0.25, 0.3) is 0 Å². The number of rotatable bonds is 3. The minimum absolute atomic E-state index is 0.272. The Balaban J connectivity index is 2.53. The monoisotopic (exact) mass is 353 g/mol. The van der Waals surface area contributed by atoms with E-state index in [1.165, 1.54) is 4.31 Å². The van der Waals surface area contributed by atoms with Gasteiger partial charge in [0.2, 0.25) is 0 Å². The van der Waals surface area contributed by atoms with Crippen molar-refractivity contribution in [2.24, 2.45) is 0 Å². The van der Waals surface area contributed by atoms with Crippen LogP contribution in [0, 0.1) is 13.8 Å². The quantitative estimate of drug-likeness (QED) is 0.839. The molecule has 0 spiro atoms. The van der Waals surface area contributed by atoms with Crippen LogP contribution in [-0.4, -0.2) is 15.5 Å². The predicted octanol–water partition coefficient (Wildman–Crippen LogP) is 3.89. The van der Waals surface area contributed by atoms with Crippen molar-refractivity contribution in [2.45, 2.75) is 18.7 Å². The molecule has 0 saturated heterocycles. The first-order chi connectivity index (χ1) is 9.34. The second-order valence-corrected chi connectivity index (χ2v) is 7.48. The van der Waals surface area contributed by atoms with E-state index in [0.717, 1.165) is 11.1 Å². The molecule has 0 fully saturated rings. The van der Waals surface area contributed by atoms with Gasteiger partial charge in [0, 0.05) is 11.5 Å². The van der Waals surface area contributed by atoms with Crippen LogP contribution in [0.3, 0.4) is 0 Å². The summed E-state index contributed by atoms with van der Waals surface area (Å²) in [6.45, 7) is 3.82. The van der Waals surface area contributed by atoms with E-state index in [1.54, 1.807) is 31.3 Å². The van der Waals surface area contributed by atoms with Crippen LogP contribution >= 0.6 is 15.9 Å². The van der Waals surface area contributed by atoms with Crippen molar-refractivity contribution in [1.29, 1.82) is 0 Å². The molecule has 0 amide bonds. The summed E-state index contributed by atoms with van der Waals surface area (Å²) in [5.74, 6) is 0. The Morgan fingerprint density at radius 3 is 2.30 bits per heavy atom. The first-order valence-corrected chi connectivity index (χ1v) is 8.38. The van der Waals surface area contributed by atoms with Gasteiger partial charge < -0.3 is 0 Å². The molecule has 0 saturated carbocycles. The van der Waals surface area contributed by atoms with Crippen molar-refractivity contribution >= 4 is 31.6 Å². The molecule has 0 aliphatic rings. The summed E-state index contributed by atoms with van der Waals surface area (Å²) >= 11 is 3.34. The summed E-state index contributed by atoms with van der Waals surface area (Å²) in [7, 11) is -2.00. The molecule has 0 unspecified atom stereocenters. The number of aryl methyl sites for hydroxylation is 2. The van der Waals surface area contributed by atoms with Gasteiger partial charge in [0.15, 0.2) is 0 Å². The fourth-order valence-electron chi connectivity index (χ4n) is 2.01. The zero-order valence-corrected chi connectivity index (χ0v) is 14.0. The maximum absolute atomic E-state index is 12.7. The van der Waals surface area contributed by atoms with Gasteiger partial charge in [-0.3, -0.25) is 4.31 Å². The molecule has 0 bridgehead atoms. The van der Waals surface area contributed by atoms with Crippen LogP contribution in [0.15, 0.2) is 51.8 Å². The van der Waals surface area contributed by atoms with E-state index in [-0.39, 0.29) is 4.90 Å². The molecule has 0 aliphatic heterocycles. The Labute approximate surface area is 128 Å². The molecule has 2 rings (SSSR count). The van der Waals surface area contributed by atoms with Gasteiger partial charge in [-0.15, -0.1) is 0 Å². The van der Waals surface area contributed by atoms with E-state index in [0.29, 0.717) is 10.2 Å². The number of hydrogen-bond acceptors (Lipinski definition) is 2. The lowest BCUT2D eigenvalue weighted by Crippen LogP contribution is -2.27. The molecule has 20 heavy (non-hydrogen) atoms. The van der Waals surface area contributed by atoms with Crippen LogP contribution in [0.5, 0.6) is 0 Å². The highest BCUT2D eigenvalue weighted by Crippen LogP contribution is 2.29. The van der Waals surface area contributed by atoms with Crippen LogP contribution < -0.4 is 4.31 Å². The second kappa shape index (κ2) is 5.58. The van der Waals surface area contributed by atoms with Gasteiger partial charge in [-0.2, -0.15) is 0 Å². The number of anilines is 1. The smallest absolute Gasteiger partial charge is 0.265 e. The van der Waals surface area contributed by atoms with Crippen molar-refractivity contribution in [3.05, 3.63) is 58.1 Å². The Bertz CT molecular complexity index is 741. The van der Waals surface area contributed by atoms with Crippen molar-refractivity contribution in [3.8, 4) is 0 Å². The van der Waals surface area contributed by atoms with Crippen molar-refractivity contribution in [3.63, 3.8) is 0 Å². The SMILES string of the molecule is Cc1ccc(S(=O)(=O)N(C)c2ccccc2C)c(Br)c1. The Kier molecular flexibility index (Phi) is 4.20. The average Bonchev–Trinajstić information content (AvgIpc) is 2.38. The lowest BCUT2D eigenvalue weighted by molar-refractivity contribution is 0.594. The second-order valence-electron chi connectivity index (χ2n) is 4.69. The summed E-state index contributed by atoms with van der Waals surface area (Å²) in [4.78, 5) is 0.272. The zero-order chi connectivity index (χ0) is 14.9. The Morgan fingerprint density at radius 2 is 1.70 bits per heavy atom. The lowest BCUT2D eigenvalue weighted by atomic mass is 10.2. The van der Waals surface area contributed by atoms with E-state index in [4.69, 9.17) is 0 Å². The highest BCUT2D eigenvalue weighted by molar-refractivity contribution is 9.10. The number of sulfonamides is 1. The van der Waals surface area contributed by atoms with Crippen LogP contribution in [0.4, 0.5) is 5.69 Å². The van der Waals surface area contributed by atoms with E-state index < -0.39 is 10.0 Å². The van der Waals surface area contributed by atoms with E-state index >= 15 is 0 Å². The minimum atomic E-state index is -3.58. The lowest BCUT2D eigenvalue weighted by Gasteiger charge is -2.22. The molecule has 0 radical (unpaired) electrons. The summed E-state index contributed by atoms with van der Waals surface area (Å²) in [6.07, 6.45) is 0. The van der Waals surface area contributed by atoms with Crippen LogP contribution in [0.2, 0.25) is 0 Å². The highest BCUT2D eigenvalue weighted by atomic mass is 79.9. The van der Waals surface area contributed by atoms with Crippen LogP contribution in [0.1, 0.15) is 11.1 Å². The zero-order valence-electron chi connectivity index (χ0n) is 11.6. The molecule has 0 atom stereocenters. The molecule has 0 N–H and O–H groups in total. The van der Waals surface area contributed by atoms with Crippen LogP contribution in [-0.2, 0) is 10.0 Å². The molecule has 106 valence electrons. The van der Waals surface area contributed by atoms with Gasteiger partial charge in [0.1, 0.15) is 4.90 Å². The summed E-state index contributed by atoms with van der Waals surface area (Å²) in [5, 5.41) is 0. The standard InChI is InChI=1S/C15H16BrNO2S/c1-11-8-9-15(13(16)10-11)20(18,19)17(3)14-7-5-4-6-12(14)2/h4-10H,1-3H3. The van der Waals surface area contributed by atoms with E-state index in [9.17, 15) is 8.42 Å². The third-order valence-corrected chi connectivity index (χ3v) is 5.93. The maximum atomic E-state index is 12.7. The summed E-state index contributed by atoms with van der Waals surface area (Å²) in [5.41, 5.74) is 2.61. The molecule has 2 aromatic carbocycles. The van der Waals surface area contributed by atoms with Gasteiger partial charge in [-0.05, 0) is 59.1 Å². The molecular weight excluding hydrogens is 338 g/mol. The third kappa shape index (κ3) is 2.74. The molecule has 3 nitrogen and oxygen atoms in total. The van der Waals surface area contributed by atoms with Gasteiger partial charge >= 0.3 is 0 Å². The minimum Gasteiger partial charge on any atom is -0.269 e. The molecule has 2 aromatic rings. The first-order valence-electron chi connectivity index (χ1n) is 6.15. The number of benzene rings is 2. The van der Waals surface area contributed by atoms with Gasteiger partial charge in [-0.1, -0.05) is 24.3 Å². The molecule has 0 aliphatic carbocycles. The number of para-hydroxylation sites is 1. The van der Waals surface area contributed by atoms with E-state index in [2.05, 4.69) is 15.9 Å². The number of halogens is 1. The molecule has 0 heterocycles. The number of hydrogen-bond donors (Lipinski definition) is 0. The van der Waals surface area contributed by atoms with Crippen molar-refractivity contribution < 1.29 is 8.42 Å². The van der Waals surface area contributed by atoms with Gasteiger partial charge in [-0.25, -0.2) is 8.42 Å². The predicted molar refractivity (Wildman–Crippen MR) is 85.6 cm³/mol. The van der Waals surface area contributed by atoms with E-state index in [1.807, 2.05) is 32.0 Å². The molecule has 0 aromatic heterocycles. The van der Waals surface area contributed by atoms with Gasteiger partial charge in [0.25, 0.3) is 10.0 Å². The maximum Gasteiger partial charge on any atom is 0.265 e. The topological polar surface area (TPSA) is 37.4 Å². The molecular formula is C15H16BrNO2S. The van der Waals surface area contributed by atoms with Crippen molar-refractivity contribution in [2.75, 3.05) is 11.4 Å². The number of nitrogens with zero attached hydrogens (tertiary/aromatic N) is 1.